The summed E-state index contributed by atoms with van der Waals surface area (Å²) in [5, 5.41) is 15.5. The first-order valence-corrected chi connectivity index (χ1v) is 22.1. The summed E-state index contributed by atoms with van der Waals surface area (Å²) in [6.45, 7) is 10.0. The summed E-state index contributed by atoms with van der Waals surface area (Å²) in [4.78, 5) is 73.2. The standard InChI is InChI=1S/C46H56F2N10O6/c1-27(49)46(2,39-23-52-37-5-3-4-31(42(37)54-39)28-20-35(47)34(36(48)21-28)24-57-16-18-64-19-17-57)26-53-29-10-14-56(15-11-29)25-41(60)51-13-12-50-30-6-7-32-33(22-30)45(63)58(44(32)62)38-8-9-40(59)55-43(38)61/h3-7,20-22,27,29,38,50,52-53H,8-19,23-26,49H2,1-2H3,(H,51,60)(H,55,59,61). The molecule has 7 N–H and O–H groups in total. The number of morpholine rings is 1. The highest BCUT2D eigenvalue weighted by molar-refractivity contribution is 6.23. The van der Waals surface area contributed by atoms with E-state index in [9.17, 15) is 24.0 Å². The molecule has 3 aromatic rings. The van der Waals surface area contributed by atoms with Crippen LogP contribution in [0.3, 0.4) is 0 Å². The van der Waals surface area contributed by atoms with Crippen molar-refractivity contribution in [2.75, 3.05) is 82.8 Å². The van der Waals surface area contributed by atoms with Crippen molar-refractivity contribution in [1.82, 2.24) is 30.7 Å². The number of ether oxygens (including phenoxy) is 1. The van der Waals surface area contributed by atoms with Crippen LogP contribution in [0.4, 0.5) is 25.8 Å². The number of hydrogen-bond acceptors (Lipinski definition) is 13. The number of carbonyl (C=O) groups excluding carboxylic acids is 5. The van der Waals surface area contributed by atoms with E-state index in [1.807, 2.05) is 30.0 Å². The molecule has 340 valence electrons. The van der Waals surface area contributed by atoms with Gasteiger partial charge in [0.15, 0.2) is 0 Å². The first-order valence-electron chi connectivity index (χ1n) is 22.1. The molecule has 3 saturated heterocycles. The first-order chi connectivity index (χ1) is 30.8. The van der Waals surface area contributed by atoms with Gasteiger partial charge in [-0.2, -0.15) is 0 Å². The van der Waals surface area contributed by atoms with E-state index in [0.29, 0.717) is 75.0 Å². The van der Waals surface area contributed by atoms with Gasteiger partial charge >= 0.3 is 0 Å². The van der Waals surface area contributed by atoms with E-state index in [1.54, 1.807) is 12.1 Å². The summed E-state index contributed by atoms with van der Waals surface area (Å²) < 4.78 is 36.4. The zero-order valence-electron chi connectivity index (χ0n) is 36.2. The van der Waals surface area contributed by atoms with Gasteiger partial charge in [-0.15, -0.1) is 0 Å². The summed E-state index contributed by atoms with van der Waals surface area (Å²) in [5.41, 5.74) is 10.4. The second-order valence-electron chi connectivity index (χ2n) is 17.5. The van der Waals surface area contributed by atoms with Crippen LogP contribution in [0.2, 0.25) is 0 Å². The minimum absolute atomic E-state index is 0.0471. The van der Waals surface area contributed by atoms with Crippen LogP contribution in [0.15, 0.2) is 53.5 Å². The number of amides is 5. The highest BCUT2D eigenvalue weighted by Crippen LogP contribution is 2.42. The number of nitrogens with zero attached hydrogens (tertiary/aromatic N) is 4. The number of benzene rings is 3. The third kappa shape index (κ3) is 9.56. The van der Waals surface area contributed by atoms with Gasteiger partial charge in [-0.3, -0.25) is 49.0 Å². The lowest BCUT2D eigenvalue weighted by Crippen LogP contribution is -2.55. The Balaban J connectivity index is 0.804. The zero-order valence-corrected chi connectivity index (χ0v) is 36.2. The second kappa shape index (κ2) is 19.2. The monoisotopic (exact) mass is 882 g/mol. The van der Waals surface area contributed by atoms with E-state index in [2.05, 4.69) is 38.4 Å². The number of carbonyl (C=O) groups is 5. The molecule has 16 nitrogen and oxygen atoms in total. The normalized spacial score (nSPS) is 21.0. The predicted molar refractivity (Wildman–Crippen MR) is 237 cm³/mol. The highest BCUT2D eigenvalue weighted by Gasteiger charge is 2.45. The van der Waals surface area contributed by atoms with Crippen molar-refractivity contribution in [3.63, 3.8) is 0 Å². The molecular weight excluding hydrogens is 827 g/mol. The second-order valence-corrected chi connectivity index (χ2v) is 17.5. The molecule has 5 aliphatic rings. The number of piperidine rings is 2. The highest BCUT2D eigenvalue weighted by atomic mass is 19.1. The van der Waals surface area contributed by atoms with Crippen molar-refractivity contribution in [1.29, 1.82) is 0 Å². The molecule has 5 amide bonds. The van der Waals surface area contributed by atoms with Crippen LogP contribution in [0.1, 0.15) is 65.8 Å². The van der Waals surface area contributed by atoms with Gasteiger partial charge in [0, 0.05) is 98.8 Å². The predicted octanol–water partition coefficient (Wildman–Crippen LogP) is 3.00. The molecular formula is C46H56F2N10O6. The van der Waals surface area contributed by atoms with E-state index in [1.165, 1.54) is 18.2 Å². The van der Waals surface area contributed by atoms with E-state index in [4.69, 9.17) is 15.5 Å². The molecule has 18 heteroatoms. The van der Waals surface area contributed by atoms with Gasteiger partial charge < -0.3 is 31.7 Å². The Morgan fingerprint density at radius 3 is 2.39 bits per heavy atom. The maximum Gasteiger partial charge on any atom is 0.262 e. The lowest BCUT2D eigenvalue weighted by molar-refractivity contribution is -0.136. The molecule has 8 rings (SSSR count). The number of nitrogens with one attached hydrogen (secondary N) is 5. The smallest absolute Gasteiger partial charge is 0.262 e. The fourth-order valence-electron chi connectivity index (χ4n) is 9.04. The van der Waals surface area contributed by atoms with Crippen molar-refractivity contribution in [2.45, 2.75) is 64.2 Å². The third-order valence-corrected chi connectivity index (χ3v) is 13.3. The van der Waals surface area contributed by atoms with Crippen LogP contribution in [-0.2, 0) is 25.7 Å². The molecule has 3 aromatic carbocycles. The van der Waals surface area contributed by atoms with Crippen LogP contribution in [0.25, 0.3) is 11.1 Å². The van der Waals surface area contributed by atoms with Gasteiger partial charge in [-0.05, 0) is 68.1 Å². The van der Waals surface area contributed by atoms with E-state index in [0.717, 1.165) is 42.2 Å². The number of hydrogen-bond donors (Lipinski definition) is 6. The molecule has 0 aromatic heterocycles. The van der Waals surface area contributed by atoms with Gasteiger partial charge in [0.25, 0.3) is 11.8 Å². The lowest BCUT2D eigenvalue weighted by Gasteiger charge is -2.40. The zero-order chi connectivity index (χ0) is 45.1. The average molecular weight is 883 g/mol. The van der Waals surface area contributed by atoms with Gasteiger partial charge in [-0.1, -0.05) is 19.1 Å². The maximum absolute atomic E-state index is 15.5. The molecule has 5 aliphatic heterocycles. The van der Waals surface area contributed by atoms with E-state index >= 15 is 8.78 Å². The van der Waals surface area contributed by atoms with Crippen molar-refractivity contribution < 1.29 is 37.5 Å². The van der Waals surface area contributed by atoms with Crippen LogP contribution < -0.4 is 32.3 Å². The number of para-hydroxylation sites is 1. The fraction of sp³-hybridized carbons (Fsp3) is 0.478. The lowest BCUT2D eigenvalue weighted by atomic mass is 9.77. The van der Waals surface area contributed by atoms with Gasteiger partial charge in [0.2, 0.25) is 17.7 Å². The summed E-state index contributed by atoms with van der Waals surface area (Å²) in [7, 11) is 0. The van der Waals surface area contributed by atoms with Crippen LogP contribution in [-0.4, -0.2) is 140 Å². The molecule has 3 atom stereocenters. The van der Waals surface area contributed by atoms with Crippen molar-refractivity contribution >= 4 is 52.3 Å². The molecule has 0 spiro atoms. The summed E-state index contributed by atoms with van der Waals surface area (Å²) in [5.74, 6) is -3.53. The topological polar surface area (TPSA) is 203 Å². The fourth-order valence-corrected chi connectivity index (χ4v) is 9.04. The average Bonchev–Trinajstić information content (AvgIpc) is 3.53. The Bertz CT molecular complexity index is 2320. The van der Waals surface area contributed by atoms with Crippen LogP contribution in [0.5, 0.6) is 0 Å². The molecule has 64 heavy (non-hydrogen) atoms. The van der Waals surface area contributed by atoms with Gasteiger partial charge in [-0.25, -0.2) is 8.78 Å². The number of fused-ring (bicyclic) bond motifs is 2. The number of imide groups is 2. The third-order valence-electron chi connectivity index (χ3n) is 13.3. The Hall–Kier alpha value is -5.66. The van der Waals surface area contributed by atoms with Gasteiger partial charge in [0.1, 0.15) is 17.7 Å². The van der Waals surface area contributed by atoms with Crippen LogP contribution >= 0.6 is 0 Å². The van der Waals surface area contributed by atoms with E-state index in [-0.39, 0.29) is 60.6 Å². The maximum atomic E-state index is 15.5. The first kappa shape index (κ1) is 44.9. The largest absolute Gasteiger partial charge is 0.383 e. The number of aliphatic imine (C=N–C) groups is 1. The Morgan fingerprint density at radius 2 is 1.67 bits per heavy atom. The molecule has 5 heterocycles. The SMILES string of the molecule is CC(N)C(C)(CNC1CCN(CC(=O)NCCNc2ccc3c(c2)C(=O)N(C2CCC(=O)NC2=O)C3=O)CC1)C1=Nc2c(cccc2-c2cc(F)c(CN3CCOCC3)c(F)c2)NC1. The minimum atomic E-state index is -1.03. The summed E-state index contributed by atoms with van der Waals surface area (Å²) in [6.07, 6.45) is 1.80. The number of anilines is 2. The summed E-state index contributed by atoms with van der Waals surface area (Å²) >= 11 is 0. The number of nitrogens with two attached hydrogens (primary N) is 1. The Labute approximate surface area is 370 Å². The van der Waals surface area contributed by atoms with E-state index < -0.39 is 46.7 Å². The molecule has 0 radical (unpaired) electrons. The Kier molecular flexibility index (Phi) is 13.5. The number of halogens is 2. The molecule has 3 unspecified atom stereocenters. The van der Waals surface area contributed by atoms with Crippen molar-refractivity contribution in [2.24, 2.45) is 16.1 Å². The quantitative estimate of drug-likeness (QED) is 0.0965. The van der Waals surface area contributed by atoms with Crippen molar-refractivity contribution in [3.05, 3.63) is 76.9 Å². The number of likely N-dealkylation sites (tertiary alicyclic amines) is 1. The Morgan fingerprint density at radius 1 is 0.938 bits per heavy atom. The molecule has 3 fully saturated rings. The van der Waals surface area contributed by atoms with Crippen molar-refractivity contribution in [3.8, 4) is 11.1 Å². The summed E-state index contributed by atoms with van der Waals surface area (Å²) in [6, 6.07) is 12.1. The molecule has 0 saturated carbocycles. The number of rotatable bonds is 15. The van der Waals surface area contributed by atoms with Crippen LogP contribution in [0, 0.1) is 17.0 Å². The minimum Gasteiger partial charge on any atom is -0.383 e. The van der Waals surface area contributed by atoms with Gasteiger partial charge in [0.05, 0.1) is 48.8 Å². The molecule has 0 bridgehead atoms. The molecule has 0 aliphatic carbocycles.